The molecule has 0 saturated carbocycles. The highest BCUT2D eigenvalue weighted by atomic mass is 32.2. The maximum atomic E-state index is 12.5. The van der Waals surface area contributed by atoms with Crippen molar-refractivity contribution in [1.29, 1.82) is 0 Å². The highest BCUT2D eigenvalue weighted by molar-refractivity contribution is 7.91. The molecule has 1 N–H and O–H groups in total. The Kier molecular flexibility index (Phi) is 7.85. The van der Waals surface area contributed by atoms with Gasteiger partial charge in [-0.2, -0.15) is 0 Å². The first kappa shape index (κ1) is 20.7. The molecule has 0 amide bonds. The van der Waals surface area contributed by atoms with E-state index in [2.05, 4.69) is 19.2 Å². The van der Waals surface area contributed by atoms with Crippen molar-refractivity contribution in [3.05, 3.63) is 59.7 Å². The lowest BCUT2D eigenvalue weighted by molar-refractivity contribution is 0.402. The standard InChI is InChI=1S/C16H18O2S.C6H13N/c1-3-7-14-12-16(11-10-13(14)2)19(17,18)15-8-5-4-6-9-15;1-6-2-4-7-5-3-6/h4-6,8-12H,3,7H2,1-2H3;6-7H,2-5H2,1H3. The van der Waals surface area contributed by atoms with E-state index in [1.807, 2.05) is 19.1 Å². The number of nitrogens with one attached hydrogen (secondary N) is 1. The zero-order valence-corrected chi connectivity index (χ0v) is 17.0. The summed E-state index contributed by atoms with van der Waals surface area (Å²) in [7, 11) is -3.40. The molecule has 2 aromatic carbocycles. The fourth-order valence-corrected chi connectivity index (χ4v) is 4.39. The van der Waals surface area contributed by atoms with Crippen LogP contribution in [0.15, 0.2) is 58.3 Å². The van der Waals surface area contributed by atoms with Gasteiger partial charge in [-0.1, -0.05) is 44.5 Å². The second kappa shape index (κ2) is 9.89. The van der Waals surface area contributed by atoms with Gasteiger partial charge in [0.05, 0.1) is 9.79 Å². The van der Waals surface area contributed by atoms with Gasteiger partial charge >= 0.3 is 0 Å². The number of sulfone groups is 1. The quantitative estimate of drug-likeness (QED) is 0.838. The van der Waals surface area contributed by atoms with E-state index in [-0.39, 0.29) is 0 Å². The minimum Gasteiger partial charge on any atom is -0.317 e. The zero-order valence-electron chi connectivity index (χ0n) is 16.2. The van der Waals surface area contributed by atoms with Gasteiger partial charge in [0.25, 0.3) is 0 Å². The highest BCUT2D eigenvalue weighted by Crippen LogP contribution is 2.23. The van der Waals surface area contributed by atoms with Gasteiger partial charge in [-0.3, -0.25) is 0 Å². The molecule has 1 aliphatic heterocycles. The summed E-state index contributed by atoms with van der Waals surface area (Å²) in [4.78, 5) is 0.731. The Bertz CT molecular complexity index is 779. The van der Waals surface area contributed by atoms with Gasteiger partial charge < -0.3 is 5.32 Å². The van der Waals surface area contributed by atoms with Crippen LogP contribution >= 0.6 is 0 Å². The molecule has 2 aromatic rings. The smallest absolute Gasteiger partial charge is 0.206 e. The summed E-state index contributed by atoms with van der Waals surface area (Å²) in [5.41, 5.74) is 2.26. The minimum absolute atomic E-state index is 0.348. The molecule has 0 atom stereocenters. The van der Waals surface area contributed by atoms with Crippen LogP contribution in [-0.2, 0) is 16.3 Å². The van der Waals surface area contributed by atoms with Crippen LogP contribution in [0.3, 0.4) is 0 Å². The molecule has 0 spiro atoms. The molecule has 1 heterocycles. The lowest BCUT2D eigenvalue weighted by Crippen LogP contribution is -2.26. The highest BCUT2D eigenvalue weighted by Gasteiger charge is 2.17. The van der Waals surface area contributed by atoms with Crippen molar-refractivity contribution in [3.63, 3.8) is 0 Å². The number of benzene rings is 2. The molecule has 3 rings (SSSR count). The molecule has 1 aliphatic rings. The van der Waals surface area contributed by atoms with Crippen LogP contribution < -0.4 is 5.32 Å². The maximum Gasteiger partial charge on any atom is 0.206 e. The van der Waals surface area contributed by atoms with Gasteiger partial charge in [0.15, 0.2) is 0 Å². The molecular weight excluding hydrogens is 342 g/mol. The van der Waals surface area contributed by atoms with Crippen LogP contribution in [-0.4, -0.2) is 21.5 Å². The van der Waals surface area contributed by atoms with E-state index in [0.29, 0.717) is 9.79 Å². The topological polar surface area (TPSA) is 46.2 Å². The van der Waals surface area contributed by atoms with E-state index in [1.165, 1.54) is 25.9 Å². The first-order valence-electron chi connectivity index (χ1n) is 9.55. The molecule has 0 aliphatic carbocycles. The average molecular weight is 374 g/mol. The second-order valence-electron chi connectivity index (χ2n) is 7.09. The third kappa shape index (κ3) is 5.68. The fourth-order valence-electron chi connectivity index (χ4n) is 3.06. The molecular formula is C22H31NO2S. The first-order valence-corrected chi connectivity index (χ1v) is 11.0. The Morgan fingerprint density at radius 1 is 1.00 bits per heavy atom. The van der Waals surface area contributed by atoms with E-state index in [0.717, 1.165) is 29.9 Å². The largest absolute Gasteiger partial charge is 0.317 e. The van der Waals surface area contributed by atoms with Gasteiger partial charge in [0.1, 0.15) is 0 Å². The molecule has 1 saturated heterocycles. The molecule has 0 unspecified atom stereocenters. The Morgan fingerprint density at radius 3 is 2.19 bits per heavy atom. The normalized spacial score (nSPS) is 15.2. The van der Waals surface area contributed by atoms with Gasteiger partial charge in [-0.15, -0.1) is 0 Å². The predicted octanol–water partition coefficient (Wildman–Crippen LogP) is 4.79. The monoisotopic (exact) mass is 373 g/mol. The molecule has 26 heavy (non-hydrogen) atoms. The SMILES string of the molecule is CC1CCNCC1.CCCc1cc(S(=O)(=O)c2ccccc2)ccc1C. The van der Waals surface area contributed by atoms with Gasteiger partial charge in [-0.05, 0) is 80.6 Å². The molecule has 0 bridgehead atoms. The fraction of sp³-hybridized carbons (Fsp3) is 0.455. The lowest BCUT2D eigenvalue weighted by atomic mass is 10.0. The minimum atomic E-state index is -3.40. The molecule has 0 aromatic heterocycles. The van der Waals surface area contributed by atoms with E-state index in [4.69, 9.17) is 0 Å². The van der Waals surface area contributed by atoms with Gasteiger partial charge in [0.2, 0.25) is 9.84 Å². The second-order valence-corrected chi connectivity index (χ2v) is 9.04. The Morgan fingerprint density at radius 2 is 1.65 bits per heavy atom. The number of rotatable bonds is 4. The summed E-state index contributed by atoms with van der Waals surface area (Å²) in [5, 5.41) is 3.32. The summed E-state index contributed by atoms with van der Waals surface area (Å²) in [6, 6.07) is 14.0. The Balaban J connectivity index is 0.000000290. The number of aryl methyl sites for hydroxylation is 2. The average Bonchev–Trinajstić information content (AvgIpc) is 2.65. The molecule has 1 fully saturated rings. The molecule has 4 heteroatoms. The van der Waals surface area contributed by atoms with E-state index in [1.54, 1.807) is 36.4 Å². The van der Waals surface area contributed by atoms with Gasteiger partial charge in [0, 0.05) is 0 Å². The van der Waals surface area contributed by atoms with Crippen molar-refractivity contribution in [2.24, 2.45) is 5.92 Å². The van der Waals surface area contributed by atoms with Crippen molar-refractivity contribution in [2.75, 3.05) is 13.1 Å². The summed E-state index contributed by atoms with van der Waals surface area (Å²) in [6.07, 6.45) is 4.67. The molecule has 0 radical (unpaired) electrons. The van der Waals surface area contributed by atoms with Crippen LogP contribution in [0, 0.1) is 12.8 Å². The zero-order chi connectivity index (χ0) is 19.0. The summed E-state index contributed by atoms with van der Waals surface area (Å²) in [6.45, 7) is 8.91. The third-order valence-corrected chi connectivity index (χ3v) is 6.60. The molecule has 142 valence electrons. The Hall–Kier alpha value is -1.65. The number of hydrogen-bond acceptors (Lipinski definition) is 3. The summed E-state index contributed by atoms with van der Waals surface area (Å²) >= 11 is 0. The lowest BCUT2D eigenvalue weighted by Gasteiger charge is -2.17. The van der Waals surface area contributed by atoms with E-state index >= 15 is 0 Å². The van der Waals surface area contributed by atoms with Crippen molar-refractivity contribution >= 4 is 9.84 Å². The maximum absolute atomic E-state index is 12.5. The van der Waals surface area contributed by atoms with Crippen LogP contribution in [0.1, 0.15) is 44.2 Å². The van der Waals surface area contributed by atoms with Crippen molar-refractivity contribution in [3.8, 4) is 0 Å². The summed E-state index contributed by atoms with van der Waals surface area (Å²) in [5.74, 6) is 0.973. The third-order valence-electron chi connectivity index (χ3n) is 4.83. The summed E-state index contributed by atoms with van der Waals surface area (Å²) < 4.78 is 25.0. The first-order chi connectivity index (χ1) is 12.4. The van der Waals surface area contributed by atoms with Crippen LogP contribution in [0.25, 0.3) is 0 Å². The molecule has 3 nitrogen and oxygen atoms in total. The Labute approximate surface area is 158 Å². The van der Waals surface area contributed by atoms with Crippen molar-refractivity contribution < 1.29 is 8.42 Å². The van der Waals surface area contributed by atoms with E-state index < -0.39 is 9.84 Å². The predicted molar refractivity (Wildman–Crippen MR) is 108 cm³/mol. The van der Waals surface area contributed by atoms with Crippen molar-refractivity contribution in [1.82, 2.24) is 5.32 Å². The van der Waals surface area contributed by atoms with Crippen LogP contribution in [0.5, 0.6) is 0 Å². The van der Waals surface area contributed by atoms with Crippen molar-refractivity contribution in [2.45, 2.75) is 56.2 Å². The number of piperidine rings is 1. The number of hydrogen-bond donors (Lipinski definition) is 1. The van der Waals surface area contributed by atoms with E-state index in [9.17, 15) is 8.42 Å². The van der Waals surface area contributed by atoms with Gasteiger partial charge in [-0.25, -0.2) is 8.42 Å². The van der Waals surface area contributed by atoms with Crippen LogP contribution in [0.4, 0.5) is 0 Å². The van der Waals surface area contributed by atoms with Crippen LogP contribution in [0.2, 0.25) is 0 Å².